The fourth-order valence-electron chi connectivity index (χ4n) is 1.45. The number of rotatable bonds is 1. The Morgan fingerprint density at radius 1 is 1.60 bits per heavy atom. The number of carbonyl (C=O) groups excluding carboxylic acids is 1. The van der Waals surface area contributed by atoms with Crippen LogP contribution in [0, 0.1) is 0 Å². The van der Waals surface area contributed by atoms with Gasteiger partial charge in [-0.25, -0.2) is 0 Å². The number of carbonyl (C=O) groups is 1. The molecule has 76 valence electrons. The van der Waals surface area contributed by atoms with Crippen molar-refractivity contribution in [3.05, 3.63) is 28.6 Å². The molecule has 15 heavy (non-hydrogen) atoms. The van der Waals surface area contributed by atoms with Crippen LogP contribution in [-0.2, 0) is 4.79 Å². The molecule has 0 bridgehead atoms. The molecule has 0 spiro atoms. The number of para-hydroxylation sites is 1. The fourth-order valence-corrected chi connectivity index (χ4v) is 1.45. The molecule has 0 fully saturated rings. The number of ether oxygens (including phenoxy) is 1. The summed E-state index contributed by atoms with van der Waals surface area (Å²) in [6.07, 6.45) is 0. The second-order valence-electron chi connectivity index (χ2n) is 3.05. The van der Waals surface area contributed by atoms with E-state index in [0.29, 0.717) is 17.1 Å². The van der Waals surface area contributed by atoms with Crippen molar-refractivity contribution in [2.45, 2.75) is 0 Å². The number of hydrogen-bond donors (Lipinski definition) is 0. The van der Waals surface area contributed by atoms with Gasteiger partial charge in [0, 0.05) is 12.0 Å². The van der Waals surface area contributed by atoms with Gasteiger partial charge in [0.15, 0.2) is 6.61 Å². The predicted molar refractivity (Wildman–Crippen MR) is 54.2 cm³/mol. The first-order valence-electron chi connectivity index (χ1n) is 4.31. The number of fused-ring (bicyclic) bond motifs is 1. The molecule has 1 heterocycles. The van der Waals surface area contributed by atoms with Crippen LogP contribution in [0.25, 0.3) is 10.4 Å². The maximum atomic E-state index is 11.4. The van der Waals surface area contributed by atoms with E-state index >= 15 is 0 Å². The largest absolute Gasteiger partial charge is 0.482 e. The van der Waals surface area contributed by atoms with Gasteiger partial charge in [0.05, 0.1) is 11.4 Å². The lowest BCUT2D eigenvalue weighted by molar-refractivity contribution is -0.120. The summed E-state index contributed by atoms with van der Waals surface area (Å²) in [5, 5.41) is 3.51. The number of nitrogens with zero attached hydrogens (tertiary/aromatic N) is 4. The highest BCUT2D eigenvalue weighted by Crippen LogP contribution is 2.39. The van der Waals surface area contributed by atoms with Crippen molar-refractivity contribution in [2.24, 2.45) is 5.11 Å². The van der Waals surface area contributed by atoms with Gasteiger partial charge in [-0.05, 0) is 11.6 Å². The molecule has 0 atom stereocenters. The fraction of sp³-hybridized carbons (Fsp3) is 0.222. The SMILES string of the molecule is CN1C(=O)COc2cccc(N=[N+]=[N-])c21. The van der Waals surface area contributed by atoms with Crippen molar-refractivity contribution in [3.8, 4) is 5.75 Å². The second kappa shape index (κ2) is 3.51. The molecule has 1 aliphatic heterocycles. The van der Waals surface area contributed by atoms with Gasteiger partial charge in [0.2, 0.25) is 0 Å². The van der Waals surface area contributed by atoms with Crippen LogP contribution in [0.5, 0.6) is 5.75 Å². The minimum atomic E-state index is -0.164. The highest BCUT2D eigenvalue weighted by Gasteiger charge is 2.24. The minimum Gasteiger partial charge on any atom is -0.482 e. The monoisotopic (exact) mass is 204 g/mol. The topological polar surface area (TPSA) is 78.3 Å². The Morgan fingerprint density at radius 3 is 3.13 bits per heavy atom. The van der Waals surface area contributed by atoms with E-state index in [1.807, 2.05) is 0 Å². The Morgan fingerprint density at radius 2 is 2.40 bits per heavy atom. The number of azide groups is 1. The molecule has 1 amide bonds. The van der Waals surface area contributed by atoms with Crippen molar-refractivity contribution in [2.75, 3.05) is 18.6 Å². The lowest BCUT2D eigenvalue weighted by Gasteiger charge is -2.26. The molecule has 0 N–H and O–H groups in total. The van der Waals surface area contributed by atoms with E-state index in [1.54, 1.807) is 25.2 Å². The molecular formula is C9H8N4O2. The van der Waals surface area contributed by atoms with Gasteiger partial charge in [0.1, 0.15) is 5.75 Å². The van der Waals surface area contributed by atoms with Gasteiger partial charge in [0.25, 0.3) is 5.91 Å². The molecule has 0 saturated carbocycles. The molecule has 0 aromatic heterocycles. The Bertz CT molecular complexity index is 465. The van der Waals surface area contributed by atoms with E-state index in [2.05, 4.69) is 10.0 Å². The van der Waals surface area contributed by atoms with Gasteiger partial charge in [-0.1, -0.05) is 17.2 Å². The summed E-state index contributed by atoms with van der Waals surface area (Å²) in [4.78, 5) is 15.5. The van der Waals surface area contributed by atoms with Gasteiger partial charge >= 0.3 is 0 Å². The van der Waals surface area contributed by atoms with Gasteiger partial charge in [-0.3, -0.25) is 4.79 Å². The van der Waals surface area contributed by atoms with Crippen LogP contribution < -0.4 is 9.64 Å². The van der Waals surface area contributed by atoms with Crippen LogP contribution in [0.3, 0.4) is 0 Å². The molecule has 0 saturated heterocycles. The number of hydrogen-bond acceptors (Lipinski definition) is 3. The number of amides is 1. The smallest absolute Gasteiger partial charge is 0.264 e. The number of benzene rings is 1. The average Bonchev–Trinajstić information content (AvgIpc) is 2.24. The molecule has 0 unspecified atom stereocenters. The van der Waals surface area contributed by atoms with Crippen molar-refractivity contribution < 1.29 is 9.53 Å². The summed E-state index contributed by atoms with van der Waals surface area (Å²) in [7, 11) is 1.63. The molecule has 1 aliphatic rings. The third kappa shape index (κ3) is 1.47. The Hall–Kier alpha value is -2.20. The first kappa shape index (κ1) is 9.36. The van der Waals surface area contributed by atoms with Gasteiger partial charge < -0.3 is 9.64 Å². The quantitative estimate of drug-likeness (QED) is 0.398. The summed E-state index contributed by atoms with van der Waals surface area (Å²) in [6, 6.07) is 5.08. The zero-order valence-electron chi connectivity index (χ0n) is 8.04. The average molecular weight is 204 g/mol. The number of likely N-dealkylation sites (N-methyl/N-ethyl adjacent to an activating group) is 1. The van der Waals surface area contributed by atoms with E-state index in [9.17, 15) is 4.79 Å². The first-order valence-corrected chi connectivity index (χ1v) is 4.31. The molecule has 0 radical (unpaired) electrons. The molecule has 6 heteroatoms. The zero-order chi connectivity index (χ0) is 10.8. The summed E-state index contributed by atoms with van der Waals surface area (Å²) in [6.45, 7) is 0.0171. The van der Waals surface area contributed by atoms with Crippen LogP contribution in [0.15, 0.2) is 23.3 Å². The minimum absolute atomic E-state index is 0.0171. The molecule has 1 aromatic carbocycles. The highest BCUT2D eigenvalue weighted by atomic mass is 16.5. The van der Waals surface area contributed by atoms with Crippen LogP contribution in [-0.4, -0.2) is 19.6 Å². The van der Waals surface area contributed by atoms with Gasteiger partial charge in [-0.15, -0.1) is 0 Å². The van der Waals surface area contributed by atoms with Crippen molar-refractivity contribution in [1.29, 1.82) is 0 Å². The summed E-state index contributed by atoms with van der Waals surface area (Å²) in [5.41, 5.74) is 9.30. The third-order valence-corrected chi connectivity index (χ3v) is 2.19. The summed E-state index contributed by atoms with van der Waals surface area (Å²) in [5.74, 6) is 0.394. The zero-order valence-corrected chi connectivity index (χ0v) is 8.04. The molecule has 6 nitrogen and oxygen atoms in total. The highest BCUT2D eigenvalue weighted by molar-refractivity contribution is 6.00. The predicted octanol–water partition coefficient (Wildman–Crippen LogP) is 1.98. The summed E-state index contributed by atoms with van der Waals surface area (Å²) < 4.78 is 5.22. The maximum absolute atomic E-state index is 11.4. The van der Waals surface area contributed by atoms with Gasteiger partial charge in [-0.2, -0.15) is 0 Å². The van der Waals surface area contributed by atoms with E-state index in [0.717, 1.165) is 0 Å². The lowest BCUT2D eigenvalue weighted by atomic mass is 10.2. The van der Waals surface area contributed by atoms with E-state index in [-0.39, 0.29) is 12.5 Å². The van der Waals surface area contributed by atoms with Crippen LogP contribution in [0.1, 0.15) is 0 Å². The number of anilines is 1. The Kier molecular flexibility index (Phi) is 2.19. The summed E-state index contributed by atoms with van der Waals surface area (Å²) >= 11 is 0. The maximum Gasteiger partial charge on any atom is 0.264 e. The third-order valence-electron chi connectivity index (χ3n) is 2.19. The van der Waals surface area contributed by atoms with Crippen molar-refractivity contribution in [3.63, 3.8) is 0 Å². The molecular weight excluding hydrogens is 196 g/mol. The van der Waals surface area contributed by atoms with E-state index in [1.165, 1.54) is 4.90 Å². The molecule has 1 aromatic rings. The normalized spacial score (nSPS) is 13.9. The second-order valence-corrected chi connectivity index (χ2v) is 3.05. The van der Waals surface area contributed by atoms with E-state index in [4.69, 9.17) is 10.3 Å². The Labute approximate surface area is 85.7 Å². The van der Waals surface area contributed by atoms with Crippen LogP contribution in [0.2, 0.25) is 0 Å². The first-order chi connectivity index (χ1) is 7.24. The van der Waals surface area contributed by atoms with Crippen LogP contribution >= 0.6 is 0 Å². The van der Waals surface area contributed by atoms with Crippen LogP contribution in [0.4, 0.5) is 11.4 Å². The molecule has 0 aliphatic carbocycles. The van der Waals surface area contributed by atoms with Crippen molar-refractivity contribution >= 4 is 17.3 Å². The molecule has 2 rings (SSSR count). The van der Waals surface area contributed by atoms with Crippen molar-refractivity contribution in [1.82, 2.24) is 0 Å². The standard InChI is InChI=1S/C9H8N4O2/c1-13-8(14)5-15-7-4-2-3-6(9(7)13)11-12-10/h2-4H,5H2,1H3. The lowest BCUT2D eigenvalue weighted by Crippen LogP contribution is -2.35. The van der Waals surface area contributed by atoms with E-state index < -0.39 is 0 Å². The Balaban J connectivity index is 2.61.